The van der Waals surface area contributed by atoms with Crippen LogP contribution >= 0.6 is 39.1 Å². The molecule has 8 heteroatoms. The Morgan fingerprint density at radius 2 is 1.90 bits per heavy atom. The van der Waals surface area contributed by atoms with Crippen molar-refractivity contribution >= 4 is 44.8 Å². The minimum Gasteiger partial charge on any atom is -0.399 e. The maximum absolute atomic E-state index is 6.21. The van der Waals surface area contributed by atoms with Gasteiger partial charge in [-0.3, -0.25) is 0 Å². The number of benzene rings is 2. The van der Waals surface area contributed by atoms with Crippen LogP contribution in [0, 0.1) is 0 Å². The molecule has 0 aliphatic heterocycles. The predicted octanol–water partition coefficient (Wildman–Crippen LogP) is 3.98. The van der Waals surface area contributed by atoms with Crippen LogP contribution in [0.2, 0.25) is 10.0 Å². The van der Waals surface area contributed by atoms with Gasteiger partial charge in [0.25, 0.3) is 0 Å². The van der Waals surface area contributed by atoms with Crippen LogP contribution in [0.5, 0.6) is 0 Å². The first-order valence-corrected chi connectivity index (χ1v) is 7.40. The Bertz CT molecular complexity index is 752. The molecule has 2 aromatic carbocycles. The molecule has 0 saturated heterocycles. The molecule has 0 saturated carbocycles. The number of nitrogens with two attached hydrogens (primary N) is 1. The van der Waals surface area contributed by atoms with E-state index in [0.29, 0.717) is 27.2 Å². The minimum atomic E-state index is 0.493. The molecule has 0 atom stereocenters. The third kappa shape index (κ3) is 2.74. The van der Waals surface area contributed by atoms with Gasteiger partial charge in [0.15, 0.2) is 5.82 Å². The summed E-state index contributed by atoms with van der Waals surface area (Å²) in [5.41, 5.74) is 7.80. The molecule has 21 heavy (non-hydrogen) atoms. The number of halogens is 3. The molecule has 0 bridgehead atoms. The molecule has 3 aromatic rings. The van der Waals surface area contributed by atoms with Gasteiger partial charge < -0.3 is 5.73 Å². The van der Waals surface area contributed by atoms with Crippen molar-refractivity contribution in [2.45, 2.75) is 0 Å². The van der Waals surface area contributed by atoms with Crippen molar-refractivity contribution < 1.29 is 0 Å². The topological polar surface area (TPSA) is 69.6 Å². The molecule has 0 radical (unpaired) electrons. The molecule has 1 aromatic heterocycles. The molecule has 0 unspecified atom stereocenters. The number of nitrogens with zero attached hydrogens (tertiary/aromatic N) is 4. The Balaban J connectivity index is 2.22. The standard InChI is InChI=1S/C13H8BrCl2N5/c14-10-3-2-8(17)6-9(10)13-18-19-20-21(13)12-5-7(15)1-4-11(12)16/h1-6H,17H2. The number of hydrogen-bond donors (Lipinski definition) is 1. The number of anilines is 1. The fraction of sp³-hybridized carbons (Fsp3) is 0. The number of tetrazole rings is 1. The Labute approximate surface area is 138 Å². The summed E-state index contributed by atoms with van der Waals surface area (Å²) in [6.45, 7) is 0. The van der Waals surface area contributed by atoms with Gasteiger partial charge in [0.1, 0.15) is 0 Å². The van der Waals surface area contributed by atoms with Crippen molar-refractivity contribution in [3.05, 3.63) is 50.9 Å². The minimum absolute atomic E-state index is 0.493. The summed E-state index contributed by atoms with van der Waals surface area (Å²) in [6.07, 6.45) is 0. The first kappa shape index (κ1) is 14.3. The second kappa shape index (κ2) is 5.63. The van der Waals surface area contributed by atoms with Crippen molar-refractivity contribution in [3.63, 3.8) is 0 Å². The lowest BCUT2D eigenvalue weighted by Crippen LogP contribution is -2.01. The average molecular weight is 385 g/mol. The third-order valence-corrected chi connectivity index (χ3v) is 4.08. The highest BCUT2D eigenvalue weighted by Crippen LogP contribution is 2.32. The van der Waals surface area contributed by atoms with E-state index < -0.39 is 0 Å². The average Bonchev–Trinajstić information content (AvgIpc) is 2.93. The molecule has 106 valence electrons. The second-order valence-corrected chi connectivity index (χ2v) is 5.95. The molecule has 0 aliphatic rings. The number of hydrogen-bond acceptors (Lipinski definition) is 4. The van der Waals surface area contributed by atoms with Crippen molar-refractivity contribution in [2.24, 2.45) is 0 Å². The zero-order valence-corrected chi connectivity index (χ0v) is 13.6. The first-order chi connectivity index (χ1) is 10.1. The summed E-state index contributed by atoms with van der Waals surface area (Å²) >= 11 is 15.7. The van der Waals surface area contributed by atoms with E-state index in [0.717, 1.165) is 10.0 Å². The largest absolute Gasteiger partial charge is 0.399 e. The first-order valence-electron chi connectivity index (χ1n) is 5.85. The van der Waals surface area contributed by atoms with Crippen molar-refractivity contribution in [3.8, 4) is 17.1 Å². The molecule has 2 N–H and O–H groups in total. The summed E-state index contributed by atoms with van der Waals surface area (Å²) in [5, 5.41) is 12.8. The van der Waals surface area contributed by atoms with Crippen molar-refractivity contribution in [2.75, 3.05) is 5.73 Å². The zero-order valence-electron chi connectivity index (χ0n) is 10.5. The molecule has 3 rings (SSSR count). The highest BCUT2D eigenvalue weighted by molar-refractivity contribution is 9.10. The Morgan fingerprint density at radius 3 is 2.71 bits per heavy atom. The van der Waals surface area contributed by atoms with Crippen molar-refractivity contribution in [1.82, 2.24) is 20.2 Å². The van der Waals surface area contributed by atoms with Crippen LogP contribution in [-0.4, -0.2) is 20.2 Å². The second-order valence-electron chi connectivity index (χ2n) is 4.25. The highest BCUT2D eigenvalue weighted by atomic mass is 79.9. The van der Waals surface area contributed by atoms with E-state index in [2.05, 4.69) is 31.5 Å². The van der Waals surface area contributed by atoms with Gasteiger partial charge >= 0.3 is 0 Å². The molecule has 0 aliphatic carbocycles. The van der Waals surface area contributed by atoms with Gasteiger partial charge in [0, 0.05) is 20.7 Å². The SMILES string of the molecule is Nc1ccc(Br)c(-c2nnnn2-c2cc(Cl)ccc2Cl)c1. The summed E-state index contributed by atoms with van der Waals surface area (Å²) in [4.78, 5) is 0. The maximum Gasteiger partial charge on any atom is 0.188 e. The van der Waals surface area contributed by atoms with Crippen LogP contribution in [0.15, 0.2) is 40.9 Å². The predicted molar refractivity (Wildman–Crippen MR) is 86.7 cm³/mol. The summed E-state index contributed by atoms with van der Waals surface area (Å²) in [5.74, 6) is 0.512. The number of nitrogen functional groups attached to an aromatic ring is 1. The molecule has 5 nitrogen and oxygen atoms in total. The van der Waals surface area contributed by atoms with Crippen LogP contribution in [0.4, 0.5) is 5.69 Å². The normalized spacial score (nSPS) is 10.8. The highest BCUT2D eigenvalue weighted by Gasteiger charge is 2.16. The van der Waals surface area contributed by atoms with E-state index in [-0.39, 0.29) is 0 Å². The fourth-order valence-electron chi connectivity index (χ4n) is 1.88. The molecular formula is C13H8BrCl2N5. The van der Waals surface area contributed by atoms with E-state index in [1.165, 1.54) is 4.68 Å². The summed E-state index contributed by atoms with van der Waals surface area (Å²) < 4.78 is 2.35. The van der Waals surface area contributed by atoms with E-state index in [1.54, 1.807) is 30.3 Å². The maximum atomic E-state index is 6.21. The van der Waals surface area contributed by atoms with Crippen LogP contribution in [0.3, 0.4) is 0 Å². The van der Waals surface area contributed by atoms with Crippen LogP contribution in [0.1, 0.15) is 0 Å². The fourth-order valence-corrected chi connectivity index (χ4v) is 2.67. The van der Waals surface area contributed by atoms with Crippen LogP contribution < -0.4 is 5.73 Å². The monoisotopic (exact) mass is 383 g/mol. The molecule has 1 heterocycles. The van der Waals surface area contributed by atoms with Gasteiger partial charge in [-0.25, -0.2) is 0 Å². The Kier molecular flexibility index (Phi) is 3.84. The summed E-state index contributed by atoms with van der Waals surface area (Å²) in [6, 6.07) is 10.5. The van der Waals surface area contributed by atoms with Crippen LogP contribution in [-0.2, 0) is 0 Å². The smallest absolute Gasteiger partial charge is 0.188 e. The Morgan fingerprint density at radius 1 is 1.10 bits per heavy atom. The van der Waals surface area contributed by atoms with E-state index in [9.17, 15) is 0 Å². The lowest BCUT2D eigenvalue weighted by Gasteiger charge is -2.09. The van der Waals surface area contributed by atoms with Crippen molar-refractivity contribution in [1.29, 1.82) is 0 Å². The lowest BCUT2D eigenvalue weighted by atomic mass is 10.2. The van der Waals surface area contributed by atoms with Gasteiger partial charge in [0.05, 0.1) is 10.7 Å². The number of rotatable bonds is 2. The van der Waals surface area contributed by atoms with Gasteiger partial charge in [-0.1, -0.05) is 39.1 Å². The summed E-state index contributed by atoms with van der Waals surface area (Å²) in [7, 11) is 0. The van der Waals surface area contributed by atoms with Crippen LogP contribution in [0.25, 0.3) is 17.1 Å². The molecule has 0 spiro atoms. The van der Waals surface area contributed by atoms with Gasteiger partial charge in [-0.2, -0.15) is 4.68 Å². The quantitative estimate of drug-likeness (QED) is 0.678. The molecule has 0 fully saturated rings. The van der Waals surface area contributed by atoms with E-state index in [4.69, 9.17) is 28.9 Å². The molecule has 0 amide bonds. The number of aromatic nitrogens is 4. The third-order valence-electron chi connectivity index (χ3n) is 2.84. The molecular weight excluding hydrogens is 377 g/mol. The lowest BCUT2D eigenvalue weighted by molar-refractivity contribution is 0.791. The van der Waals surface area contributed by atoms with Gasteiger partial charge in [0.2, 0.25) is 0 Å². The van der Waals surface area contributed by atoms with Gasteiger partial charge in [-0.15, -0.1) is 5.10 Å². The Hall–Kier alpha value is -1.63. The van der Waals surface area contributed by atoms with Gasteiger partial charge in [-0.05, 0) is 46.8 Å². The van der Waals surface area contributed by atoms with E-state index >= 15 is 0 Å². The van der Waals surface area contributed by atoms with E-state index in [1.807, 2.05) is 6.07 Å². The zero-order chi connectivity index (χ0) is 15.0.